The van der Waals surface area contributed by atoms with Gasteiger partial charge in [-0.05, 0) is 36.2 Å². The van der Waals surface area contributed by atoms with Crippen molar-refractivity contribution < 1.29 is 14.3 Å². The molecule has 0 aromatic heterocycles. The zero-order valence-electron chi connectivity index (χ0n) is 10.3. The van der Waals surface area contributed by atoms with E-state index in [0.717, 1.165) is 19.5 Å². The van der Waals surface area contributed by atoms with Gasteiger partial charge < -0.3 is 15.4 Å². The number of carbonyl (C=O) groups excluding carboxylic acids is 2. The molecule has 5 heteroatoms. The first-order valence-corrected chi connectivity index (χ1v) is 5.88. The number of rotatable bonds is 3. The summed E-state index contributed by atoms with van der Waals surface area (Å²) < 4.78 is 4.47. The summed E-state index contributed by atoms with van der Waals surface area (Å²) in [5, 5.41) is 5.80. The van der Waals surface area contributed by atoms with E-state index in [0.29, 0.717) is 5.56 Å². The molecule has 0 saturated carbocycles. The number of benzene rings is 1. The molecule has 0 unspecified atom stereocenters. The fourth-order valence-electron chi connectivity index (χ4n) is 1.95. The zero-order valence-corrected chi connectivity index (χ0v) is 10.3. The Kier molecular flexibility index (Phi) is 3.94. The highest BCUT2D eigenvalue weighted by Gasteiger charge is 2.13. The molecule has 18 heavy (non-hydrogen) atoms. The molecule has 2 N–H and O–H groups in total. The summed E-state index contributed by atoms with van der Waals surface area (Å²) in [5.74, 6) is -0.702. The second-order valence-corrected chi connectivity index (χ2v) is 4.17. The van der Waals surface area contributed by atoms with Crippen LogP contribution in [0.1, 0.15) is 21.5 Å². The smallest absolute Gasteiger partial charge is 0.325 e. The Morgan fingerprint density at radius 1 is 1.39 bits per heavy atom. The molecule has 1 aliphatic rings. The first-order valence-electron chi connectivity index (χ1n) is 5.88. The minimum Gasteiger partial charge on any atom is -0.468 e. The molecule has 0 spiro atoms. The first-order chi connectivity index (χ1) is 8.70. The molecule has 96 valence electrons. The number of amides is 1. The molecule has 1 amide bonds. The van der Waals surface area contributed by atoms with E-state index in [-0.39, 0.29) is 12.5 Å². The van der Waals surface area contributed by atoms with Crippen LogP contribution in [0, 0.1) is 0 Å². The predicted molar refractivity (Wildman–Crippen MR) is 66.2 cm³/mol. The van der Waals surface area contributed by atoms with Crippen molar-refractivity contribution in [1.29, 1.82) is 0 Å². The monoisotopic (exact) mass is 248 g/mol. The summed E-state index contributed by atoms with van der Waals surface area (Å²) >= 11 is 0. The molecule has 0 aliphatic carbocycles. The lowest BCUT2D eigenvalue weighted by molar-refractivity contribution is -0.139. The molecule has 1 aromatic rings. The molecule has 0 bridgehead atoms. The van der Waals surface area contributed by atoms with Crippen LogP contribution in [-0.2, 0) is 22.5 Å². The van der Waals surface area contributed by atoms with Gasteiger partial charge in [-0.3, -0.25) is 9.59 Å². The van der Waals surface area contributed by atoms with Gasteiger partial charge in [-0.15, -0.1) is 0 Å². The van der Waals surface area contributed by atoms with E-state index in [1.807, 2.05) is 12.1 Å². The maximum atomic E-state index is 11.8. The zero-order chi connectivity index (χ0) is 13.0. The van der Waals surface area contributed by atoms with E-state index in [9.17, 15) is 9.59 Å². The molecule has 5 nitrogen and oxygen atoms in total. The van der Waals surface area contributed by atoms with Crippen LogP contribution in [0.5, 0.6) is 0 Å². The number of fused-ring (bicyclic) bond motifs is 1. The Balaban J connectivity index is 2.04. The number of hydrogen-bond acceptors (Lipinski definition) is 4. The van der Waals surface area contributed by atoms with Crippen LogP contribution < -0.4 is 10.6 Å². The first kappa shape index (κ1) is 12.6. The molecule has 0 radical (unpaired) electrons. The summed E-state index contributed by atoms with van der Waals surface area (Å²) in [6.07, 6.45) is 0.924. The van der Waals surface area contributed by atoms with Crippen molar-refractivity contribution in [3.05, 3.63) is 34.9 Å². The highest BCUT2D eigenvalue weighted by molar-refractivity contribution is 5.96. The van der Waals surface area contributed by atoms with E-state index in [1.54, 1.807) is 6.07 Å². The second-order valence-electron chi connectivity index (χ2n) is 4.17. The van der Waals surface area contributed by atoms with Gasteiger partial charge in [-0.1, -0.05) is 6.07 Å². The SMILES string of the molecule is COC(=O)CNC(=O)c1ccc2c(c1)CCNC2. The largest absolute Gasteiger partial charge is 0.468 e. The molecule has 1 heterocycles. The Morgan fingerprint density at radius 2 is 2.22 bits per heavy atom. The number of hydrogen-bond donors (Lipinski definition) is 2. The molecular weight excluding hydrogens is 232 g/mol. The second kappa shape index (κ2) is 5.64. The summed E-state index contributed by atoms with van der Waals surface area (Å²) in [6, 6.07) is 5.62. The summed E-state index contributed by atoms with van der Waals surface area (Å²) in [5.41, 5.74) is 3.00. The van der Waals surface area contributed by atoms with Crippen molar-refractivity contribution in [1.82, 2.24) is 10.6 Å². The van der Waals surface area contributed by atoms with Gasteiger partial charge in [0, 0.05) is 12.1 Å². The Morgan fingerprint density at radius 3 is 3.00 bits per heavy atom. The number of carbonyl (C=O) groups is 2. The van der Waals surface area contributed by atoms with Gasteiger partial charge >= 0.3 is 5.97 Å². The quantitative estimate of drug-likeness (QED) is 0.752. The molecule has 1 aliphatic heterocycles. The average molecular weight is 248 g/mol. The Hall–Kier alpha value is -1.88. The van der Waals surface area contributed by atoms with Crippen molar-refractivity contribution >= 4 is 11.9 Å². The highest BCUT2D eigenvalue weighted by Crippen LogP contribution is 2.15. The van der Waals surface area contributed by atoms with E-state index in [1.165, 1.54) is 18.2 Å². The fourth-order valence-corrected chi connectivity index (χ4v) is 1.95. The van der Waals surface area contributed by atoms with Crippen LogP contribution in [0.3, 0.4) is 0 Å². The summed E-state index contributed by atoms with van der Waals surface area (Å²) in [4.78, 5) is 22.8. The molecule has 1 aromatic carbocycles. The van der Waals surface area contributed by atoms with Crippen LogP contribution in [0.25, 0.3) is 0 Å². The number of esters is 1. The summed E-state index contributed by atoms with van der Waals surface area (Å²) in [6.45, 7) is 1.67. The molecule has 2 rings (SSSR count). The fraction of sp³-hybridized carbons (Fsp3) is 0.385. The molecule has 0 fully saturated rings. The lowest BCUT2D eigenvalue weighted by Gasteiger charge is -2.17. The van der Waals surface area contributed by atoms with Crippen molar-refractivity contribution in [3.63, 3.8) is 0 Å². The van der Waals surface area contributed by atoms with Gasteiger partial charge in [-0.25, -0.2) is 0 Å². The Labute approximate surface area is 106 Å². The minimum absolute atomic E-state index is 0.103. The van der Waals surface area contributed by atoms with Crippen LogP contribution >= 0.6 is 0 Å². The van der Waals surface area contributed by atoms with Gasteiger partial charge in [0.25, 0.3) is 5.91 Å². The number of methoxy groups -OCH3 is 1. The van der Waals surface area contributed by atoms with Crippen LogP contribution in [0.15, 0.2) is 18.2 Å². The summed E-state index contributed by atoms with van der Waals surface area (Å²) in [7, 11) is 1.29. The van der Waals surface area contributed by atoms with Crippen molar-refractivity contribution in [2.24, 2.45) is 0 Å². The van der Waals surface area contributed by atoms with Gasteiger partial charge in [0.05, 0.1) is 7.11 Å². The maximum Gasteiger partial charge on any atom is 0.325 e. The van der Waals surface area contributed by atoms with Gasteiger partial charge in [-0.2, -0.15) is 0 Å². The predicted octanol–water partition coefficient (Wildman–Crippen LogP) is 0.235. The van der Waals surface area contributed by atoms with E-state index in [2.05, 4.69) is 15.4 Å². The topological polar surface area (TPSA) is 67.4 Å². The highest BCUT2D eigenvalue weighted by atomic mass is 16.5. The molecular formula is C13H16N2O3. The standard InChI is InChI=1S/C13H16N2O3/c1-18-12(16)8-15-13(17)10-2-3-11-7-14-5-4-9(11)6-10/h2-3,6,14H,4-5,7-8H2,1H3,(H,15,17). The number of ether oxygens (including phenoxy) is 1. The van der Waals surface area contributed by atoms with Gasteiger partial charge in [0.2, 0.25) is 0 Å². The van der Waals surface area contributed by atoms with Crippen LogP contribution in [0.2, 0.25) is 0 Å². The van der Waals surface area contributed by atoms with E-state index in [4.69, 9.17) is 0 Å². The average Bonchev–Trinajstić information content (AvgIpc) is 2.43. The third-order valence-corrected chi connectivity index (χ3v) is 2.98. The van der Waals surface area contributed by atoms with Crippen molar-refractivity contribution in [2.75, 3.05) is 20.2 Å². The third kappa shape index (κ3) is 2.87. The number of nitrogens with one attached hydrogen (secondary N) is 2. The van der Waals surface area contributed by atoms with Crippen molar-refractivity contribution in [2.45, 2.75) is 13.0 Å². The van der Waals surface area contributed by atoms with E-state index < -0.39 is 5.97 Å². The third-order valence-electron chi connectivity index (χ3n) is 2.98. The normalized spacial score (nSPS) is 13.6. The molecule has 0 saturated heterocycles. The van der Waals surface area contributed by atoms with Crippen molar-refractivity contribution in [3.8, 4) is 0 Å². The van der Waals surface area contributed by atoms with Crippen LogP contribution in [0.4, 0.5) is 0 Å². The van der Waals surface area contributed by atoms with E-state index >= 15 is 0 Å². The lowest BCUT2D eigenvalue weighted by atomic mass is 9.98. The minimum atomic E-state index is -0.453. The molecule has 0 atom stereocenters. The van der Waals surface area contributed by atoms with Gasteiger partial charge in [0.1, 0.15) is 6.54 Å². The Bertz CT molecular complexity index is 471. The van der Waals surface area contributed by atoms with Gasteiger partial charge in [0.15, 0.2) is 0 Å². The maximum absolute atomic E-state index is 11.8. The van der Waals surface area contributed by atoms with Crippen LogP contribution in [-0.4, -0.2) is 32.1 Å². The lowest BCUT2D eigenvalue weighted by Crippen LogP contribution is -2.30.